The third kappa shape index (κ3) is 5.43. The lowest BCUT2D eigenvalue weighted by Crippen LogP contribution is -2.35. The maximum absolute atomic E-state index is 16.4. The number of rotatable bonds is 6. The first-order valence-electron chi connectivity index (χ1n) is 18.0. The van der Waals surface area contributed by atoms with Crippen molar-refractivity contribution in [2.75, 3.05) is 44.1 Å². The molecule has 3 fully saturated rings. The van der Waals surface area contributed by atoms with Crippen molar-refractivity contribution in [3.8, 4) is 11.1 Å². The maximum Gasteiger partial charge on any atom is 0.414 e. The van der Waals surface area contributed by atoms with Gasteiger partial charge in [0.15, 0.2) is 11.6 Å². The minimum absolute atomic E-state index is 0.0400. The van der Waals surface area contributed by atoms with Gasteiger partial charge in [0, 0.05) is 68.5 Å². The molecule has 14 heteroatoms. The van der Waals surface area contributed by atoms with Gasteiger partial charge in [0.2, 0.25) is 5.43 Å². The predicted molar refractivity (Wildman–Crippen MR) is 198 cm³/mol. The van der Waals surface area contributed by atoms with Crippen molar-refractivity contribution in [3.05, 3.63) is 58.1 Å². The summed E-state index contributed by atoms with van der Waals surface area (Å²) in [7, 11) is 7.39. The molecular weight excluding hydrogens is 684 g/mol. The summed E-state index contributed by atoms with van der Waals surface area (Å²) in [6.07, 6.45) is 5.86. The molecule has 1 saturated heterocycles. The highest BCUT2D eigenvalue weighted by Crippen LogP contribution is 2.62. The van der Waals surface area contributed by atoms with Crippen LogP contribution < -0.4 is 15.2 Å². The van der Waals surface area contributed by atoms with E-state index in [0.717, 1.165) is 23.8 Å². The van der Waals surface area contributed by atoms with Gasteiger partial charge in [0.1, 0.15) is 22.5 Å². The quantitative estimate of drug-likeness (QED) is 0.203. The van der Waals surface area contributed by atoms with Crippen molar-refractivity contribution in [2.45, 2.75) is 58.2 Å². The lowest BCUT2D eigenvalue weighted by Gasteiger charge is -2.31. The van der Waals surface area contributed by atoms with E-state index in [-0.39, 0.29) is 40.2 Å². The lowest BCUT2D eigenvalue weighted by atomic mass is 9.96. The van der Waals surface area contributed by atoms with Crippen molar-refractivity contribution in [1.82, 2.24) is 24.4 Å². The molecule has 12 nitrogen and oxygen atoms in total. The van der Waals surface area contributed by atoms with Crippen molar-refractivity contribution < 1.29 is 27.8 Å². The lowest BCUT2D eigenvalue weighted by molar-refractivity contribution is 0.0522. The van der Waals surface area contributed by atoms with E-state index >= 15 is 8.78 Å². The number of esters is 1. The zero-order chi connectivity index (χ0) is 37.8. The zero-order valence-corrected chi connectivity index (χ0v) is 31.1. The number of pyridine rings is 3. The average molecular weight is 728 g/mol. The summed E-state index contributed by atoms with van der Waals surface area (Å²) in [6, 6.07) is 3.33. The Bertz CT molecular complexity index is 2420. The summed E-state index contributed by atoms with van der Waals surface area (Å²) in [5.74, 6) is -1.42. The van der Waals surface area contributed by atoms with E-state index in [1.54, 1.807) is 57.8 Å². The fraction of sp³-hybridized carbons (Fsp3) is 0.462. The number of aryl methyl sites for hydroxylation is 1. The van der Waals surface area contributed by atoms with Crippen molar-refractivity contribution in [3.63, 3.8) is 0 Å². The number of nitrogens with zero attached hydrogens (tertiary/aromatic N) is 6. The van der Waals surface area contributed by atoms with Gasteiger partial charge in [-0.15, -0.1) is 0 Å². The summed E-state index contributed by atoms with van der Waals surface area (Å²) in [5, 5.41) is 0.531. The first-order valence-corrected chi connectivity index (χ1v) is 18.0. The molecule has 0 bridgehead atoms. The number of anilines is 2. The van der Waals surface area contributed by atoms with E-state index in [1.807, 2.05) is 0 Å². The highest BCUT2D eigenvalue weighted by molar-refractivity contribution is 6.19. The summed E-state index contributed by atoms with van der Waals surface area (Å²) in [5.41, 5.74) is 1.25. The van der Waals surface area contributed by atoms with E-state index in [1.165, 1.54) is 13.2 Å². The Balaban J connectivity index is 1.37. The summed E-state index contributed by atoms with van der Waals surface area (Å²) in [4.78, 5) is 58.1. The van der Waals surface area contributed by atoms with Gasteiger partial charge in [-0.1, -0.05) is 0 Å². The molecule has 4 aromatic heterocycles. The van der Waals surface area contributed by atoms with E-state index in [4.69, 9.17) is 14.5 Å². The van der Waals surface area contributed by atoms with Crippen LogP contribution in [-0.2, 0) is 16.5 Å². The fourth-order valence-electron chi connectivity index (χ4n) is 9.16. The second kappa shape index (κ2) is 12.2. The van der Waals surface area contributed by atoms with Gasteiger partial charge in [-0.25, -0.2) is 28.3 Å². The molecule has 5 atom stereocenters. The number of carbonyl (C=O) groups excluding carboxylic acids is 2. The molecule has 3 aliphatic rings. The molecule has 8 rings (SSSR count). The number of benzene rings is 1. The van der Waals surface area contributed by atoms with Crippen LogP contribution in [0.15, 0.2) is 35.5 Å². The van der Waals surface area contributed by atoms with Crippen molar-refractivity contribution in [1.29, 1.82) is 0 Å². The Kier molecular flexibility index (Phi) is 8.06. The molecule has 53 heavy (non-hydrogen) atoms. The number of carbonyl (C=O) groups is 2. The molecule has 2 aliphatic carbocycles. The Hall–Kier alpha value is -5.11. The second-order valence-corrected chi connectivity index (χ2v) is 15.8. The van der Waals surface area contributed by atoms with Crippen LogP contribution in [0.2, 0.25) is 0 Å². The number of aromatic nitrogens is 4. The fourth-order valence-corrected chi connectivity index (χ4v) is 9.16. The average Bonchev–Trinajstić information content (AvgIpc) is 3.35. The van der Waals surface area contributed by atoms with Gasteiger partial charge >= 0.3 is 12.1 Å². The first-order chi connectivity index (χ1) is 25.1. The number of nitrogens with one attached hydrogen (secondary N) is 1. The highest BCUT2D eigenvalue weighted by atomic mass is 19.2. The van der Waals surface area contributed by atoms with Crippen LogP contribution >= 0.6 is 0 Å². The Labute approximate surface area is 304 Å². The minimum atomic E-state index is -1.13. The molecule has 0 spiro atoms. The van der Waals surface area contributed by atoms with Crippen LogP contribution in [0.5, 0.6) is 0 Å². The summed E-state index contributed by atoms with van der Waals surface area (Å²) < 4.78 is 44.4. The van der Waals surface area contributed by atoms with Gasteiger partial charge < -0.3 is 28.8 Å². The molecule has 1 amide bonds. The molecule has 0 radical (unpaired) electrons. The van der Waals surface area contributed by atoms with Gasteiger partial charge in [-0.2, -0.15) is 0 Å². The Morgan fingerprint density at radius 1 is 1.08 bits per heavy atom. The third-order valence-electron chi connectivity index (χ3n) is 11.3. The van der Waals surface area contributed by atoms with Crippen LogP contribution in [-0.4, -0.2) is 88.5 Å². The molecule has 1 aromatic carbocycles. The first kappa shape index (κ1) is 34.9. The normalized spacial score (nSPS) is 22.2. The number of hydrogen-bond acceptors (Lipinski definition) is 9. The molecule has 3 unspecified atom stereocenters. The van der Waals surface area contributed by atoms with Gasteiger partial charge in [0.05, 0.1) is 39.7 Å². The second-order valence-electron chi connectivity index (χ2n) is 15.8. The number of hydrogen-bond donors (Lipinski definition) is 1. The molecule has 1 N–H and O–H groups in total. The van der Waals surface area contributed by atoms with Gasteiger partial charge in [0.25, 0.3) is 0 Å². The SMILES string of the molecule is CCOC(=O)c1cn(C)c2ncc(-c3cnc4[nH]c5c(N(C)C(=O)OC(C)(C)C)cc(F)c(F)c5c4c3N3CCC4C5C(N(C)C)[C@H]5C[C@H]43)cc2c1=O. The van der Waals surface area contributed by atoms with Crippen molar-refractivity contribution in [2.24, 2.45) is 24.8 Å². The topological polar surface area (TPSA) is 126 Å². The molecule has 2 saturated carbocycles. The largest absolute Gasteiger partial charge is 0.462 e. The van der Waals surface area contributed by atoms with E-state index in [0.29, 0.717) is 63.8 Å². The maximum atomic E-state index is 16.4. The minimum Gasteiger partial charge on any atom is -0.462 e. The summed E-state index contributed by atoms with van der Waals surface area (Å²) in [6.45, 7) is 7.64. The number of H-pyrrole nitrogens is 1. The third-order valence-corrected chi connectivity index (χ3v) is 11.3. The van der Waals surface area contributed by atoms with Crippen LogP contribution in [0.1, 0.15) is 50.9 Å². The number of aromatic amines is 1. The van der Waals surface area contributed by atoms with Gasteiger partial charge in [-0.05, 0) is 78.5 Å². The molecule has 278 valence electrons. The van der Waals surface area contributed by atoms with Crippen LogP contribution in [0.25, 0.3) is 44.1 Å². The molecule has 5 aromatic rings. The zero-order valence-electron chi connectivity index (χ0n) is 31.1. The number of fused-ring (bicyclic) bond motifs is 7. The van der Waals surface area contributed by atoms with Crippen molar-refractivity contribution >= 4 is 56.4 Å². The number of halogens is 2. The summed E-state index contributed by atoms with van der Waals surface area (Å²) >= 11 is 0. The molecule has 5 heterocycles. The smallest absolute Gasteiger partial charge is 0.414 e. The van der Waals surface area contributed by atoms with Gasteiger partial charge in [-0.3, -0.25) is 9.69 Å². The van der Waals surface area contributed by atoms with E-state index in [9.17, 15) is 14.4 Å². The van der Waals surface area contributed by atoms with E-state index in [2.05, 4.69) is 33.9 Å². The number of ether oxygens (including phenoxy) is 2. The van der Waals surface area contributed by atoms with Crippen LogP contribution in [0.3, 0.4) is 0 Å². The number of amides is 1. The Morgan fingerprint density at radius 3 is 2.53 bits per heavy atom. The standard InChI is InChI=1S/C39H43F2N7O5/c1-9-52-37(50)23-17-46(7)36-21(34(23)49)12-18(15-43-36)22-16-42-35-29(33(22)48-11-10-19-25(48)13-20-27(19)32(20)45(5)6)28-30(41)24(40)14-26(31(28)44-35)47(8)38(51)53-39(2,3)4/h12,14-17,19-20,25,27,32H,9-11,13H2,1-8H3,(H,42,44)/t19?,20-,25+,27?,32?/m0/s1. The molecule has 1 aliphatic heterocycles. The highest BCUT2D eigenvalue weighted by Gasteiger charge is 2.65. The van der Waals surface area contributed by atoms with Crippen LogP contribution in [0.4, 0.5) is 25.0 Å². The monoisotopic (exact) mass is 727 g/mol. The Morgan fingerprint density at radius 2 is 1.83 bits per heavy atom. The predicted octanol–water partition coefficient (Wildman–Crippen LogP) is 6.23. The molecular formula is C39H43F2N7O5. The van der Waals surface area contributed by atoms with E-state index < -0.39 is 34.7 Å². The van der Waals surface area contributed by atoms with Crippen LogP contribution in [0, 0.1) is 29.4 Å².